The quantitative estimate of drug-likeness (QED) is 0.641. The van der Waals surface area contributed by atoms with E-state index >= 15 is 0 Å². The van der Waals surface area contributed by atoms with Crippen molar-refractivity contribution < 1.29 is 31.9 Å². The Labute approximate surface area is 125 Å². The molecule has 0 bridgehead atoms. The molecule has 0 aliphatic carbocycles. The molecule has 0 heterocycles. The van der Waals surface area contributed by atoms with E-state index in [9.17, 15) is 10.2 Å². The van der Waals surface area contributed by atoms with Crippen LogP contribution in [0.2, 0.25) is 0 Å². The van der Waals surface area contributed by atoms with Crippen molar-refractivity contribution in [3.63, 3.8) is 0 Å². The van der Waals surface area contributed by atoms with Gasteiger partial charge in [-0.3, -0.25) is 0 Å². The van der Waals surface area contributed by atoms with Crippen molar-refractivity contribution in [1.82, 2.24) is 0 Å². The summed E-state index contributed by atoms with van der Waals surface area (Å²) in [7, 11) is 0. The normalized spacial score (nSPS) is 8.47. The second kappa shape index (κ2) is 25.5. The van der Waals surface area contributed by atoms with Gasteiger partial charge in [-0.2, -0.15) is 0 Å². The topological polar surface area (TPSA) is 46.1 Å². The monoisotopic (exact) mass is 282 g/mol. The first-order valence-corrected chi connectivity index (χ1v) is 6.24. The molecule has 3 heteroatoms. The van der Waals surface area contributed by atoms with E-state index in [1.54, 1.807) is 27.7 Å². The summed E-state index contributed by atoms with van der Waals surface area (Å²) < 4.78 is 0. The molecule has 2 nitrogen and oxygen atoms in total. The SMILES string of the molecule is CC(C)C.CC(C)C.CC(C)[O-].CC(C)[O-].[Ti+2]. The fraction of sp³-hybridized carbons (Fsp3) is 1.00. The van der Waals surface area contributed by atoms with Crippen LogP contribution in [0.25, 0.3) is 0 Å². The Balaban J connectivity index is -0.0000000369. The predicted molar refractivity (Wildman–Crippen MR) is 71.3 cm³/mol. The van der Waals surface area contributed by atoms with Gasteiger partial charge in [-0.25, -0.2) is 0 Å². The molecule has 0 aromatic carbocycles. The maximum absolute atomic E-state index is 9.53. The van der Waals surface area contributed by atoms with Crippen molar-refractivity contribution in [2.45, 2.75) is 81.4 Å². The van der Waals surface area contributed by atoms with Crippen molar-refractivity contribution >= 4 is 0 Å². The minimum Gasteiger partial charge on any atom is -0.852 e. The van der Waals surface area contributed by atoms with Crippen LogP contribution < -0.4 is 10.2 Å². The van der Waals surface area contributed by atoms with Gasteiger partial charge in [0.25, 0.3) is 0 Å². The van der Waals surface area contributed by atoms with Crippen LogP contribution in [0.4, 0.5) is 0 Å². The van der Waals surface area contributed by atoms with Crippen LogP contribution in [-0.4, -0.2) is 12.2 Å². The summed E-state index contributed by atoms with van der Waals surface area (Å²) in [5.41, 5.74) is 0. The first kappa shape index (κ1) is 30.6. The van der Waals surface area contributed by atoms with Crippen molar-refractivity contribution in [1.29, 1.82) is 0 Å². The fourth-order valence-corrected chi connectivity index (χ4v) is 0. The first-order valence-electron chi connectivity index (χ1n) is 6.24. The molecule has 0 aliphatic heterocycles. The predicted octanol–water partition coefficient (Wildman–Crippen LogP) is 2.83. The van der Waals surface area contributed by atoms with Gasteiger partial charge in [-0.05, 0) is 11.8 Å². The van der Waals surface area contributed by atoms with Gasteiger partial charge in [-0.15, -0.1) is 12.2 Å². The van der Waals surface area contributed by atoms with E-state index in [4.69, 9.17) is 0 Å². The van der Waals surface area contributed by atoms with E-state index in [1.165, 1.54) is 0 Å². The average Bonchev–Trinajstić information content (AvgIpc) is 1.76. The molecule has 0 unspecified atom stereocenters. The molecule has 0 aromatic heterocycles. The molecule has 0 N–H and O–H groups in total. The third-order valence-electron chi connectivity index (χ3n) is 0. The maximum atomic E-state index is 9.53. The Morgan fingerprint density at radius 1 is 0.471 bits per heavy atom. The summed E-state index contributed by atoms with van der Waals surface area (Å²) in [5, 5.41) is 19.1. The van der Waals surface area contributed by atoms with Crippen LogP contribution in [0.5, 0.6) is 0 Å². The molecule has 0 rings (SSSR count). The van der Waals surface area contributed by atoms with Crippen molar-refractivity contribution in [2.75, 3.05) is 0 Å². The molecule has 0 spiro atoms. The molecule has 0 atom stereocenters. The minimum absolute atomic E-state index is 0. The summed E-state index contributed by atoms with van der Waals surface area (Å²) in [6.45, 7) is 19.4. The van der Waals surface area contributed by atoms with Gasteiger partial charge in [0.1, 0.15) is 0 Å². The van der Waals surface area contributed by atoms with Gasteiger partial charge < -0.3 is 10.2 Å². The molecular formula is C14H34O2Ti. The zero-order valence-corrected chi connectivity index (χ0v) is 15.2. The van der Waals surface area contributed by atoms with E-state index in [0.717, 1.165) is 11.8 Å². The van der Waals surface area contributed by atoms with Crippen LogP contribution in [0.3, 0.4) is 0 Å². The summed E-state index contributed by atoms with van der Waals surface area (Å²) in [4.78, 5) is 0. The van der Waals surface area contributed by atoms with Gasteiger partial charge in [0.15, 0.2) is 0 Å². The van der Waals surface area contributed by atoms with Crippen LogP contribution in [-0.2, 0) is 21.7 Å². The number of hydrogen-bond acceptors (Lipinski definition) is 2. The minimum atomic E-state index is -0.417. The summed E-state index contributed by atoms with van der Waals surface area (Å²) in [6.07, 6.45) is -0.833. The van der Waals surface area contributed by atoms with E-state index in [2.05, 4.69) is 41.5 Å². The molecular weight excluding hydrogens is 248 g/mol. The van der Waals surface area contributed by atoms with E-state index in [-0.39, 0.29) is 21.7 Å². The zero-order chi connectivity index (χ0) is 14.3. The number of rotatable bonds is 0. The fourth-order valence-electron chi connectivity index (χ4n) is 0. The largest absolute Gasteiger partial charge is 2.00 e. The van der Waals surface area contributed by atoms with Gasteiger partial charge >= 0.3 is 21.7 Å². The first-order chi connectivity index (χ1) is 6.93. The molecule has 0 saturated carbocycles. The average molecular weight is 282 g/mol. The second-order valence-electron chi connectivity index (χ2n) is 5.56. The molecule has 17 heavy (non-hydrogen) atoms. The molecule has 0 aromatic rings. The third kappa shape index (κ3) is 8850. The molecule has 0 saturated heterocycles. The maximum Gasteiger partial charge on any atom is 2.00 e. The number of hydrogen-bond donors (Lipinski definition) is 0. The van der Waals surface area contributed by atoms with Gasteiger partial charge in [-0.1, -0.05) is 69.2 Å². The van der Waals surface area contributed by atoms with Gasteiger partial charge in [0.05, 0.1) is 0 Å². The van der Waals surface area contributed by atoms with E-state index in [1.807, 2.05) is 0 Å². The van der Waals surface area contributed by atoms with Crippen LogP contribution in [0, 0.1) is 11.8 Å². The summed E-state index contributed by atoms with van der Waals surface area (Å²) >= 11 is 0. The second-order valence-corrected chi connectivity index (χ2v) is 5.56. The Hall–Kier alpha value is 0.634. The van der Waals surface area contributed by atoms with Gasteiger partial charge in [0, 0.05) is 0 Å². The molecule has 0 fully saturated rings. The standard InChI is InChI=1S/2C4H10.2C3H7O.Ti/c2*1-4(2)3;2*1-3(2)4;/h2*4H,1-3H3;2*3H,1-2H3;/q;;2*-1;+2. The van der Waals surface area contributed by atoms with Crippen LogP contribution in [0.15, 0.2) is 0 Å². The van der Waals surface area contributed by atoms with E-state index in [0.29, 0.717) is 0 Å². The third-order valence-corrected chi connectivity index (χ3v) is 0. The Morgan fingerprint density at radius 2 is 0.471 bits per heavy atom. The van der Waals surface area contributed by atoms with Gasteiger partial charge in [0.2, 0.25) is 0 Å². The van der Waals surface area contributed by atoms with Crippen molar-refractivity contribution in [3.8, 4) is 0 Å². The zero-order valence-electron chi connectivity index (χ0n) is 13.6. The molecule has 0 amide bonds. The van der Waals surface area contributed by atoms with Crippen LogP contribution >= 0.6 is 0 Å². The Morgan fingerprint density at radius 3 is 0.471 bits per heavy atom. The Kier molecular flexibility index (Phi) is 45.8. The molecule has 0 radical (unpaired) electrons. The Bertz CT molecular complexity index is 57.2. The van der Waals surface area contributed by atoms with Crippen molar-refractivity contribution in [2.24, 2.45) is 11.8 Å². The smallest absolute Gasteiger partial charge is 0.852 e. The molecule has 0 aliphatic rings. The summed E-state index contributed by atoms with van der Waals surface area (Å²) in [5.74, 6) is 1.67. The van der Waals surface area contributed by atoms with Crippen molar-refractivity contribution in [3.05, 3.63) is 0 Å². The van der Waals surface area contributed by atoms with E-state index < -0.39 is 12.2 Å². The molecule has 106 valence electrons. The summed E-state index contributed by atoms with van der Waals surface area (Å²) in [6, 6.07) is 0. The van der Waals surface area contributed by atoms with Crippen LogP contribution in [0.1, 0.15) is 69.2 Å².